The van der Waals surface area contributed by atoms with Gasteiger partial charge in [-0.2, -0.15) is 0 Å². The van der Waals surface area contributed by atoms with Crippen LogP contribution < -0.4 is 5.32 Å². The molecule has 0 aliphatic rings. The van der Waals surface area contributed by atoms with Gasteiger partial charge in [-0.05, 0) is 6.42 Å². The van der Waals surface area contributed by atoms with Gasteiger partial charge in [0.1, 0.15) is 6.54 Å². The summed E-state index contributed by atoms with van der Waals surface area (Å²) >= 11 is 0. The number of hydrogen-bond acceptors (Lipinski definition) is 4. The molecule has 6 heteroatoms. The molecule has 0 aliphatic carbocycles. The van der Waals surface area contributed by atoms with E-state index in [1.54, 1.807) is 6.20 Å². The first kappa shape index (κ1) is 10.4. The van der Waals surface area contributed by atoms with Gasteiger partial charge >= 0.3 is 0 Å². The molecular weight excluding hydrogens is 184 g/mol. The van der Waals surface area contributed by atoms with Gasteiger partial charge < -0.3 is 9.88 Å². The zero-order valence-corrected chi connectivity index (χ0v) is 7.93. The van der Waals surface area contributed by atoms with E-state index in [9.17, 15) is 9.70 Å². The van der Waals surface area contributed by atoms with Crippen molar-refractivity contribution >= 4 is 11.9 Å². The van der Waals surface area contributed by atoms with Gasteiger partial charge in [0.15, 0.2) is 0 Å². The van der Waals surface area contributed by atoms with Crippen molar-refractivity contribution in [1.82, 2.24) is 14.9 Å². The molecule has 14 heavy (non-hydrogen) atoms. The lowest BCUT2D eigenvalue weighted by Crippen LogP contribution is -2.27. The Morgan fingerprint density at radius 3 is 3.14 bits per heavy atom. The van der Waals surface area contributed by atoms with E-state index >= 15 is 0 Å². The van der Waals surface area contributed by atoms with Gasteiger partial charge in [-0.25, -0.2) is 4.98 Å². The maximum absolute atomic E-state index is 11.2. The minimum atomic E-state index is -0.144. The summed E-state index contributed by atoms with van der Waals surface area (Å²) in [4.78, 5) is 25.1. The standard InChI is InChI=1S/C8H12N4O2/c1-2-3-9-7(13)6-12-5-4-10-8(12)11-14/h4-5H,2-3,6H2,1H3,(H,9,13). The van der Waals surface area contributed by atoms with E-state index in [2.05, 4.69) is 15.5 Å². The normalized spacial score (nSPS) is 9.79. The lowest BCUT2D eigenvalue weighted by Gasteiger charge is -2.04. The van der Waals surface area contributed by atoms with E-state index in [4.69, 9.17) is 0 Å². The van der Waals surface area contributed by atoms with Gasteiger partial charge in [0.05, 0.1) is 0 Å². The molecule has 0 bridgehead atoms. The number of amides is 1. The van der Waals surface area contributed by atoms with E-state index in [0.29, 0.717) is 6.54 Å². The molecule has 1 heterocycles. The molecule has 1 aromatic rings. The van der Waals surface area contributed by atoms with E-state index in [-0.39, 0.29) is 18.4 Å². The summed E-state index contributed by atoms with van der Waals surface area (Å²) in [6.07, 6.45) is 3.86. The fraction of sp³-hybridized carbons (Fsp3) is 0.500. The van der Waals surface area contributed by atoms with Crippen LogP contribution in [0, 0.1) is 4.91 Å². The molecule has 0 aliphatic heterocycles. The largest absolute Gasteiger partial charge is 0.355 e. The predicted molar refractivity (Wildman–Crippen MR) is 51.0 cm³/mol. The van der Waals surface area contributed by atoms with Crippen molar-refractivity contribution in [3.05, 3.63) is 17.3 Å². The lowest BCUT2D eigenvalue weighted by atomic mass is 10.4. The van der Waals surface area contributed by atoms with Gasteiger partial charge in [0.25, 0.3) is 5.95 Å². The predicted octanol–water partition coefficient (Wildman–Crippen LogP) is 0.807. The Balaban J connectivity index is 2.51. The molecular formula is C8H12N4O2. The van der Waals surface area contributed by atoms with Crippen LogP contribution in [0.5, 0.6) is 0 Å². The molecule has 1 aromatic heterocycles. The van der Waals surface area contributed by atoms with E-state index < -0.39 is 0 Å². The molecule has 0 saturated carbocycles. The summed E-state index contributed by atoms with van der Waals surface area (Å²) in [5.74, 6) is -0.119. The van der Waals surface area contributed by atoms with Gasteiger partial charge in [-0.1, -0.05) is 6.92 Å². The Kier molecular flexibility index (Phi) is 3.78. The highest BCUT2D eigenvalue weighted by atomic mass is 16.3. The van der Waals surface area contributed by atoms with Crippen molar-refractivity contribution in [2.45, 2.75) is 19.9 Å². The summed E-state index contributed by atoms with van der Waals surface area (Å²) < 4.78 is 1.40. The Morgan fingerprint density at radius 1 is 1.71 bits per heavy atom. The second kappa shape index (κ2) is 5.11. The molecule has 1 rings (SSSR count). The van der Waals surface area contributed by atoms with Crippen molar-refractivity contribution in [3.63, 3.8) is 0 Å². The lowest BCUT2D eigenvalue weighted by molar-refractivity contribution is -0.121. The molecule has 0 aromatic carbocycles. The van der Waals surface area contributed by atoms with Crippen LogP contribution in [0.2, 0.25) is 0 Å². The molecule has 0 saturated heterocycles. The Morgan fingerprint density at radius 2 is 2.50 bits per heavy atom. The van der Waals surface area contributed by atoms with Crippen LogP contribution in [-0.2, 0) is 11.3 Å². The molecule has 0 radical (unpaired) electrons. The number of nitrogens with one attached hydrogen (secondary N) is 1. The highest BCUT2D eigenvalue weighted by Gasteiger charge is 2.06. The van der Waals surface area contributed by atoms with Crippen molar-refractivity contribution in [3.8, 4) is 0 Å². The number of imidazole rings is 1. The monoisotopic (exact) mass is 196 g/mol. The number of carbonyl (C=O) groups excluding carboxylic acids is 1. The molecule has 1 amide bonds. The number of carbonyl (C=O) groups is 1. The third-order valence-electron chi connectivity index (χ3n) is 1.66. The number of hydrogen-bond donors (Lipinski definition) is 1. The third kappa shape index (κ3) is 2.65. The highest BCUT2D eigenvalue weighted by Crippen LogP contribution is 2.06. The summed E-state index contributed by atoms with van der Waals surface area (Å²) in [5, 5.41) is 5.38. The molecule has 1 N–H and O–H groups in total. The fourth-order valence-corrected chi connectivity index (χ4v) is 0.996. The maximum atomic E-state index is 11.2. The smallest absolute Gasteiger partial charge is 0.272 e. The Bertz CT molecular complexity index is 321. The fourth-order valence-electron chi connectivity index (χ4n) is 0.996. The van der Waals surface area contributed by atoms with Crippen molar-refractivity contribution in [2.75, 3.05) is 6.54 Å². The first-order valence-electron chi connectivity index (χ1n) is 4.39. The van der Waals surface area contributed by atoms with E-state index in [1.165, 1.54) is 10.8 Å². The summed E-state index contributed by atoms with van der Waals surface area (Å²) in [7, 11) is 0. The highest BCUT2D eigenvalue weighted by molar-refractivity contribution is 5.75. The second-order valence-electron chi connectivity index (χ2n) is 2.80. The minimum Gasteiger partial charge on any atom is -0.355 e. The van der Waals surface area contributed by atoms with Crippen molar-refractivity contribution < 1.29 is 4.79 Å². The Hall–Kier alpha value is -1.72. The molecule has 0 unspecified atom stereocenters. The molecule has 0 spiro atoms. The number of nitrogens with zero attached hydrogens (tertiary/aromatic N) is 3. The molecule has 6 nitrogen and oxygen atoms in total. The van der Waals surface area contributed by atoms with Gasteiger partial charge in [0.2, 0.25) is 5.91 Å². The first-order valence-corrected chi connectivity index (χ1v) is 4.39. The van der Waals surface area contributed by atoms with Gasteiger partial charge in [0, 0.05) is 24.1 Å². The van der Waals surface area contributed by atoms with Crippen molar-refractivity contribution in [1.29, 1.82) is 0 Å². The first-order chi connectivity index (χ1) is 6.77. The minimum absolute atomic E-state index is 0.0247. The quantitative estimate of drug-likeness (QED) is 0.708. The molecule has 0 atom stereocenters. The molecule has 0 fully saturated rings. The van der Waals surface area contributed by atoms with Crippen LogP contribution in [0.25, 0.3) is 0 Å². The van der Waals surface area contributed by atoms with Crippen LogP contribution in [0.4, 0.5) is 5.95 Å². The van der Waals surface area contributed by atoms with Crippen LogP contribution in [0.3, 0.4) is 0 Å². The number of rotatable bonds is 5. The van der Waals surface area contributed by atoms with Crippen LogP contribution in [-0.4, -0.2) is 22.0 Å². The van der Waals surface area contributed by atoms with E-state index in [1.807, 2.05) is 6.92 Å². The van der Waals surface area contributed by atoms with Gasteiger partial charge in [-0.15, -0.1) is 4.91 Å². The summed E-state index contributed by atoms with van der Waals surface area (Å²) in [6, 6.07) is 0. The van der Waals surface area contributed by atoms with E-state index in [0.717, 1.165) is 6.42 Å². The summed E-state index contributed by atoms with van der Waals surface area (Å²) in [6.45, 7) is 2.69. The molecule has 76 valence electrons. The average Bonchev–Trinajstić information content (AvgIpc) is 2.62. The Labute approximate surface area is 81.3 Å². The topological polar surface area (TPSA) is 76.3 Å². The van der Waals surface area contributed by atoms with Crippen molar-refractivity contribution in [2.24, 2.45) is 5.18 Å². The van der Waals surface area contributed by atoms with Crippen LogP contribution in [0.1, 0.15) is 13.3 Å². The number of nitroso groups, excluding NO2 is 1. The van der Waals surface area contributed by atoms with Crippen LogP contribution >= 0.6 is 0 Å². The zero-order valence-electron chi connectivity index (χ0n) is 7.93. The van der Waals surface area contributed by atoms with Gasteiger partial charge in [-0.3, -0.25) is 4.79 Å². The zero-order chi connectivity index (χ0) is 10.4. The summed E-state index contributed by atoms with van der Waals surface area (Å²) in [5.41, 5.74) is 0. The average molecular weight is 196 g/mol. The number of aromatic nitrogens is 2. The third-order valence-corrected chi connectivity index (χ3v) is 1.66. The maximum Gasteiger partial charge on any atom is 0.272 e. The van der Waals surface area contributed by atoms with Crippen LogP contribution in [0.15, 0.2) is 17.6 Å². The second-order valence-corrected chi connectivity index (χ2v) is 2.80. The SMILES string of the molecule is CCCNC(=O)Cn1ccnc1N=O.